The average molecular weight is 348 g/mol. The topological polar surface area (TPSA) is 0 Å². The van der Waals surface area contributed by atoms with Crippen molar-refractivity contribution in [1.82, 2.24) is 0 Å². The third-order valence-corrected chi connectivity index (χ3v) is 5.08. The Hall–Kier alpha value is -3.12. The lowest BCUT2D eigenvalue weighted by Gasteiger charge is -2.21. The van der Waals surface area contributed by atoms with Crippen LogP contribution in [0.25, 0.3) is 11.6 Å². The molecular formula is C27H24. The smallest absolute Gasteiger partial charge is 0.00675 e. The molecule has 0 nitrogen and oxygen atoms in total. The van der Waals surface area contributed by atoms with Gasteiger partial charge in [0.2, 0.25) is 0 Å². The fourth-order valence-corrected chi connectivity index (χ4v) is 3.56. The van der Waals surface area contributed by atoms with Gasteiger partial charge in [-0.05, 0) is 41.2 Å². The molecular weight excluding hydrogens is 324 g/mol. The first-order valence-corrected chi connectivity index (χ1v) is 9.55. The van der Waals surface area contributed by atoms with Crippen LogP contribution in [0.1, 0.15) is 34.6 Å². The zero-order chi connectivity index (χ0) is 18.5. The predicted molar refractivity (Wildman–Crippen MR) is 117 cm³/mol. The molecule has 1 aliphatic carbocycles. The summed E-state index contributed by atoms with van der Waals surface area (Å²) in [6.45, 7) is 2.12. The number of hydrogen-bond donors (Lipinski definition) is 0. The van der Waals surface area contributed by atoms with Crippen LogP contribution in [0.4, 0.5) is 0 Å². The van der Waals surface area contributed by atoms with E-state index in [1.807, 2.05) is 0 Å². The Morgan fingerprint density at radius 1 is 0.741 bits per heavy atom. The molecule has 27 heavy (non-hydrogen) atoms. The number of benzene rings is 3. The summed E-state index contributed by atoms with van der Waals surface area (Å²) in [5.41, 5.74) is 7.86. The van der Waals surface area contributed by atoms with E-state index in [0.29, 0.717) is 5.92 Å². The predicted octanol–water partition coefficient (Wildman–Crippen LogP) is 7.21. The van der Waals surface area contributed by atoms with E-state index in [1.54, 1.807) is 0 Å². The molecule has 0 saturated heterocycles. The van der Waals surface area contributed by atoms with Gasteiger partial charge in [-0.2, -0.15) is 0 Å². The van der Waals surface area contributed by atoms with Crippen molar-refractivity contribution in [3.05, 3.63) is 131 Å². The molecule has 4 rings (SSSR count). The highest BCUT2D eigenvalue weighted by Crippen LogP contribution is 2.35. The number of aryl methyl sites for hydroxylation is 1. The molecule has 1 unspecified atom stereocenters. The third-order valence-electron chi connectivity index (χ3n) is 5.08. The molecule has 3 aromatic rings. The second-order valence-electron chi connectivity index (χ2n) is 7.17. The number of hydrogen-bond acceptors (Lipinski definition) is 0. The third kappa shape index (κ3) is 4.35. The first-order valence-electron chi connectivity index (χ1n) is 9.55. The van der Waals surface area contributed by atoms with Crippen LogP contribution < -0.4 is 0 Å². The first-order chi connectivity index (χ1) is 13.3. The molecule has 0 fully saturated rings. The molecule has 132 valence electrons. The molecule has 0 aliphatic heterocycles. The van der Waals surface area contributed by atoms with Gasteiger partial charge in [-0.25, -0.2) is 0 Å². The minimum atomic E-state index is 0.407. The molecule has 1 atom stereocenters. The van der Waals surface area contributed by atoms with Crippen molar-refractivity contribution in [2.75, 3.05) is 0 Å². The van der Waals surface area contributed by atoms with E-state index in [2.05, 4.69) is 116 Å². The fourth-order valence-electron chi connectivity index (χ4n) is 3.56. The highest BCUT2D eigenvalue weighted by atomic mass is 14.2. The van der Waals surface area contributed by atoms with Crippen molar-refractivity contribution in [2.24, 2.45) is 0 Å². The average Bonchev–Trinajstić information content (AvgIpc) is 2.74. The van der Waals surface area contributed by atoms with E-state index in [0.717, 1.165) is 6.42 Å². The quantitative estimate of drug-likeness (QED) is 0.467. The summed E-state index contributed by atoms with van der Waals surface area (Å²) in [6.07, 6.45) is 10.3. The molecule has 0 saturated carbocycles. The van der Waals surface area contributed by atoms with Crippen molar-refractivity contribution in [1.29, 1.82) is 0 Å². The van der Waals surface area contributed by atoms with E-state index in [9.17, 15) is 0 Å². The number of allylic oxidation sites excluding steroid dienone is 5. The molecule has 0 amide bonds. The van der Waals surface area contributed by atoms with Gasteiger partial charge in [0.1, 0.15) is 0 Å². The molecule has 1 aliphatic rings. The molecule has 0 spiro atoms. The van der Waals surface area contributed by atoms with Crippen LogP contribution >= 0.6 is 0 Å². The van der Waals surface area contributed by atoms with E-state index in [1.165, 1.54) is 33.4 Å². The lowest BCUT2D eigenvalue weighted by atomic mass is 9.83. The Morgan fingerprint density at radius 3 is 2.11 bits per heavy atom. The van der Waals surface area contributed by atoms with Gasteiger partial charge in [0.05, 0.1) is 0 Å². The summed E-state index contributed by atoms with van der Waals surface area (Å²) < 4.78 is 0. The van der Waals surface area contributed by atoms with Gasteiger partial charge >= 0.3 is 0 Å². The second-order valence-corrected chi connectivity index (χ2v) is 7.17. The van der Waals surface area contributed by atoms with Crippen LogP contribution in [0.5, 0.6) is 0 Å². The highest BCUT2D eigenvalue weighted by Gasteiger charge is 2.16. The highest BCUT2D eigenvalue weighted by molar-refractivity contribution is 5.78. The first kappa shape index (κ1) is 17.3. The zero-order valence-electron chi connectivity index (χ0n) is 15.7. The summed E-state index contributed by atoms with van der Waals surface area (Å²) in [5.74, 6) is 0.407. The summed E-state index contributed by atoms with van der Waals surface area (Å²) in [5, 5.41) is 0. The maximum atomic E-state index is 2.41. The van der Waals surface area contributed by atoms with Crippen LogP contribution in [0.3, 0.4) is 0 Å². The minimum absolute atomic E-state index is 0.407. The van der Waals surface area contributed by atoms with Gasteiger partial charge in [0.15, 0.2) is 0 Å². The van der Waals surface area contributed by atoms with Crippen LogP contribution in [0.15, 0.2) is 109 Å². The lowest BCUT2D eigenvalue weighted by molar-refractivity contribution is 0.832. The van der Waals surface area contributed by atoms with Crippen LogP contribution in [0, 0.1) is 6.92 Å². The molecule has 0 heterocycles. The standard InChI is InChI=1S/C27H24/c1-21-12-14-22(15-13-21)16-17-23-18-26(24-8-4-2-5-9-24)20-27(19-23)25-10-6-3-7-11-25/h2-18,20,27H,19H2,1H3/b17-16+. The Balaban J connectivity index is 1.67. The van der Waals surface area contributed by atoms with Gasteiger partial charge in [-0.3, -0.25) is 0 Å². The maximum Gasteiger partial charge on any atom is 0.00675 e. The summed E-state index contributed by atoms with van der Waals surface area (Å²) in [7, 11) is 0. The Kier molecular flexibility index (Phi) is 5.16. The van der Waals surface area contributed by atoms with Crippen molar-refractivity contribution >= 4 is 11.6 Å². The molecule has 0 radical (unpaired) electrons. The molecule has 0 aromatic heterocycles. The molecule has 3 aromatic carbocycles. The summed E-state index contributed by atoms with van der Waals surface area (Å²) >= 11 is 0. The van der Waals surface area contributed by atoms with Gasteiger partial charge in [0, 0.05) is 5.92 Å². The van der Waals surface area contributed by atoms with Crippen molar-refractivity contribution < 1.29 is 0 Å². The lowest BCUT2D eigenvalue weighted by Crippen LogP contribution is -2.03. The maximum absolute atomic E-state index is 2.41. The largest absolute Gasteiger partial charge is 0.0688 e. The van der Waals surface area contributed by atoms with Crippen molar-refractivity contribution in [2.45, 2.75) is 19.3 Å². The zero-order valence-corrected chi connectivity index (χ0v) is 15.7. The van der Waals surface area contributed by atoms with E-state index in [4.69, 9.17) is 0 Å². The SMILES string of the molecule is Cc1ccc(/C=C/C2=CC(c3ccccc3)=CC(c3ccccc3)C2)cc1. The van der Waals surface area contributed by atoms with Crippen LogP contribution in [0.2, 0.25) is 0 Å². The van der Waals surface area contributed by atoms with E-state index in [-0.39, 0.29) is 0 Å². The Bertz CT molecular complexity index is 971. The van der Waals surface area contributed by atoms with Gasteiger partial charge < -0.3 is 0 Å². The molecule has 0 N–H and O–H groups in total. The van der Waals surface area contributed by atoms with Crippen molar-refractivity contribution in [3.8, 4) is 0 Å². The minimum Gasteiger partial charge on any atom is -0.0688 e. The van der Waals surface area contributed by atoms with Gasteiger partial charge in [0.25, 0.3) is 0 Å². The van der Waals surface area contributed by atoms with Gasteiger partial charge in [-0.15, -0.1) is 0 Å². The van der Waals surface area contributed by atoms with Gasteiger partial charge in [-0.1, -0.05) is 115 Å². The summed E-state index contributed by atoms with van der Waals surface area (Å²) in [6, 6.07) is 30.2. The van der Waals surface area contributed by atoms with E-state index >= 15 is 0 Å². The van der Waals surface area contributed by atoms with Crippen LogP contribution in [-0.4, -0.2) is 0 Å². The Labute approximate surface area is 162 Å². The monoisotopic (exact) mass is 348 g/mol. The Morgan fingerprint density at radius 2 is 1.41 bits per heavy atom. The van der Waals surface area contributed by atoms with Crippen molar-refractivity contribution in [3.63, 3.8) is 0 Å². The fraction of sp³-hybridized carbons (Fsp3) is 0.111. The molecule has 0 heteroatoms. The summed E-state index contributed by atoms with van der Waals surface area (Å²) in [4.78, 5) is 0. The number of rotatable bonds is 4. The molecule has 0 bridgehead atoms. The van der Waals surface area contributed by atoms with Crippen LogP contribution in [-0.2, 0) is 0 Å². The second kappa shape index (κ2) is 8.05. The van der Waals surface area contributed by atoms with E-state index < -0.39 is 0 Å². The normalized spacial score (nSPS) is 16.9.